The summed E-state index contributed by atoms with van der Waals surface area (Å²) in [5.74, 6) is 0.521. The van der Waals surface area contributed by atoms with E-state index >= 15 is 0 Å². The molecular weight excluding hydrogens is 476 g/mol. The predicted octanol–water partition coefficient (Wildman–Crippen LogP) is 0.863. The molecule has 2 bridgehead atoms. The molecule has 3 aliphatic rings. The summed E-state index contributed by atoms with van der Waals surface area (Å²) in [5, 5.41) is 12.1. The zero-order valence-corrected chi connectivity index (χ0v) is 21.2. The maximum absolute atomic E-state index is 12.6. The highest BCUT2D eigenvalue weighted by molar-refractivity contribution is 5.76. The third-order valence-corrected chi connectivity index (χ3v) is 7.59. The highest BCUT2D eigenvalue weighted by Gasteiger charge is 2.43. The van der Waals surface area contributed by atoms with Gasteiger partial charge < -0.3 is 24.8 Å². The van der Waals surface area contributed by atoms with Crippen LogP contribution in [-0.2, 0) is 16.1 Å². The molecule has 2 atom stereocenters. The van der Waals surface area contributed by atoms with Crippen LogP contribution in [0.2, 0.25) is 0 Å². The second-order valence-electron chi connectivity index (χ2n) is 10.00. The molecule has 2 amide bonds. The number of nitrogens with one attached hydrogen (secondary N) is 1. The lowest BCUT2D eigenvalue weighted by Gasteiger charge is -2.41. The average Bonchev–Trinajstić information content (AvgIpc) is 3.59. The number of methoxy groups -OCH3 is 1. The lowest BCUT2D eigenvalue weighted by Crippen LogP contribution is -2.56. The molecule has 196 valence electrons. The minimum Gasteiger partial charge on any atom is -0.453 e. The van der Waals surface area contributed by atoms with Crippen LogP contribution < -0.4 is 10.2 Å². The molecular formula is C24H32N10O3. The first-order chi connectivity index (χ1) is 18.0. The Morgan fingerprint density at radius 3 is 2.62 bits per heavy atom. The van der Waals surface area contributed by atoms with E-state index in [0.717, 1.165) is 63.4 Å². The van der Waals surface area contributed by atoms with E-state index in [1.54, 1.807) is 21.6 Å². The van der Waals surface area contributed by atoms with Gasteiger partial charge in [-0.3, -0.25) is 14.4 Å². The molecule has 0 aromatic carbocycles. The third kappa shape index (κ3) is 4.54. The van der Waals surface area contributed by atoms with Crippen LogP contribution in [0.5, 0.6) is 0 Å². The number of fused-ring (bicyclic) bond motifs is 3. The molecule has 0 aliphatic carbocycles. The molecule has 13 nitrogen and oxygen atoms in total. The Hall–Kier alpha value is -3.87. The van der Waals surface area contributed by atoms with Crippen molar-refractivity contribution in [1.82, 2.24) is 39.1 Å². The molecule has 3 fully saturated rings. The Morgan fingerprint density at radius 1 is 1.14 bits per heavy atom. The van der Waals surface area contributed by atoms with E-state index in [-0.39, 0.29) is 30.6 Å². The molecule has 3 aromatic heterocycles. The van der Waals surface area contributed by atoms with Gasteiger partial charge in [0.25, 0.3) is 0 Å². The summed E-state index contributed by atoms with van der Waals surface area (Å²) in [5.41, 5.74) is 2.44. The average molecular weight is 509 g/mol. The number of nitrogens with zero attached hydrogens (tertiary/aromatic N) is 9. The van der Waals surface area contributed by atoms with Gasteiger partial charge in [-0.2, -0.15) is 10.1 Å². The van der Waals surface area contributed by atoms with Crippen molar-refractivity contribution in [2.45, 2.75) is 31.5 Å². The van der Waals surface area contributed by atoms with Crippen molar-refractivity contribution >= 4 is 35.0 Å². The molecule has 0 saturated carbocycles. The molecule has 3 aromatic rings. The van der Waals surface area contributed by atoms with Crippen molar-refractivity contribution in [2.24, 2.45) is 0 Å². The first-order valence-corrected chi connectivity index (χ1v) is 12.7. The summed E-state index contributed by atoms with van der Waals surface area (Å²) in [6.45, 7) is 4.93. The van der Waals surface area contributed by atoms with E-state index in [1.807, 2.05) is 28.1 Å². The molecule has 6 heterocycles. The predicted molar refractivity (Wildman–Crippen MR) is 136 cm³/mol. The number of carbonyl (C=O) groups is 2. The largest absolute Gasteiger partial charge is 0.453 e. The van der Waals surface area contributed by atoms with Crippen LogP contribution in [0.25, 0.3) is 5.65 Å². The molecule has 0 spiro atoms. The van der Waals surface area contributed by atoms with E-state index in [0.29, 0.717) is 11.6 Å². The number of hydrogen-bond acceptors (Lipinski definition) is 9. The number of pyridine rings is 1. The van der Waals surface area contributed by atoms with Gasteiger partial charge in [0.05, 0.1) is 36.8 Å². The van der Waals surface area contributed by atoms with E-state index in [1.165, 1.54) is 7.11 Å². The number of ether oxygens (including phenoxy) is 1. The molecule has 6 rings (SSSR count). The van der Waals surface area contributed by atoms with Crippen molar-refractivity contribution < 1.29 is 14.3 Å². The fourth-order valence-corrected chi connectivity index (χ4v) is 5.63. The van der Waals surface area contributed by atoms with E-state index in [9.17, 15) is 9.59 Å². The number of carbonyl (C=O) groups excluding carboxylic acids is 2. The second-order valence-corrected chi connectivity index (χ2v) is 10.00. The molecule has 1 N–H and O–H groups in total. The van der Waals surface area contributed by atoms with Gasteiger partial charge in [-0.25, -0.2) is 9.31 Å². The SMILES string of the molecule is COC(=O)N1C2CCC1CN(c1cccn3nc(Nc4cnn(CC(=O)N5CCN(C)CC5)c4)nc13)C2. The number of likely N-dealkylation sites (N-methyl/N-ethyl adjacent to an activating group) is 1. The van der Waals surface area contributed by atoms with Crippen molar-refractivity contribution in [3.05, 3.63) is 30.7 Å². The standard InChI is InChI=1S/C24H32N10O3/c1-29-8-10-30(11-9-29)21(35)16-32-13-17(12-25-32)26-23-27-22-20(4-3-7-33(22)28-23)31-14-18-5-6-19(15-31)34(18)24(36)37-2/h3-4,7,12-13,18-19H,5-6,8-11,14-16H2,1-2H3,(H,26,28). The van der Waals surface area contributed by atoms with Crippen molar-refractivity contribution in [3.63, 3.8) is 0 Å². The van der Waals surface area contributed by atoms with Crippen LogP contribution in [0.4, 0.5) is 22.1 Å². The van der Waals surface area contributed by atoms with Gasteiger partial charge in [0.15, 0.2) is 5.65 Å². The minimum absolute atomic E-state index is 0.0690. The summed E-state index contributed by atoms with van der Waals surface area (Å²) in [4.78, 5) is 37.9. The van der Waals surface area contributed by atoms with Crippen molar-refractivity contribution in [1.29, 1.82) is 0 Å². The third-order valence-electron chi connectivity index (χ3n) is 7.59. The smallest absolute Gasteiger partial charge is 0.410 e. The Kier molecular flexibility index (Phi) is 6.07. The second kappa shape index (κ2) is 9.54. The summed E-state index contributed by atoms with van der Waals surface area (Å²) < 4.78 is 8.40. The van der Waals surface area contributed by atoms with Crippen LogP contribution in [0.15, 0.2) is 30.7 Å². The molecule has 13 heteroatoms. The zero-order chi connectivity index (χ0) is 25.5. The highest BCUT2D eigenvalue weighted by atomic mass is 16.5. The number of rotatable bonds is 5. The Bertz CT molecular complexity index is 1280. The topological polar surface area (TPSA) is 116 Å². The summed E-state index contributed by atoms with van der Waals surface area (Å²) >= 11 is 0. The molecule has 2 unspecified atom stereocenters. The van der Waals surface area contributed by atoms with Crippen LogP contribution in [0.1, 0.15) is 12.8 Å². The normalized spacial score (nSPS) is 22.1. The fraction of sp³-hybridized carbons (Fsp3) is 0.542. The molecule has 37 heavy (non-hydrogen) atoms. The maximum atomic E-state index is 12.6. The van der Waals surface area contributed by atoms with Gasteiger partial charge in [-0.15, -0.1) is 5.10 Å². The van der Waals surface area contributed by atoms with Gasteiger partial charge in [0, 0.05) is 51.7 Å². The first-order valence-electron chi connectivity index (χ1n) is 12.7. The Balaban J connectivity index is 1.14. The number of amides is 2. The first kappa shape index (κ1) is 23.5. The van der Waals surface area contributed by atoms with Gasteiger partial charge >= 0.3 is 6.09 Å². The van der Waals surface area contributed by atoms with E-state index in [4.69, 9.17) is 9.72 Å². The van der Waals surface area contributed by atoms with E-state index in [2.05, 4.69) is 32.4 Å². The van der Waals surface area contributed by atoms with Crippen molar-refractivity contribution in [3.8, 4) is 0 Å². The monoisotopic (exact) mass is 508 g/mol. The van der Waals surface area contributed by atoms with Crippen LogP contribution in [-0.4, -0.2) is 117 Å². The maximum Gasteiger partial charge on any atom is 0.410 e. The number of aromatic nitrogens is 5. The van der Waals surface area contributed by atoms with Crippen LogP contribution >= 0.6 is 0 Å². The summed E-state index contributed by atoms with van der Waals surface area (Å²) in [6, 6.07) is 4.26. The minimum atomic E-state index is -0.245. The van der Waals surface area contributed by atoms with Crippen molar-refractivity contribution in [2.75, 3.05) is 63.6 Å². The number of hydrogen-bond donors (Lipinski definition) is 1. The Labute approximate surface area is 214 Å². The number of anilines is 3. The van der Waals surface area contributed by atoms with Gasteiger partial charge in [-0.1, -0.05) is 0 Å². The van der Waals surface area contributed by atoms with E-state index < -0.39 is 0 Å². The quantitative estimate of drug-likeness (QED) is 0.536. The van der Waals surface area contributed by atoms with Gasteiger partial charge in [0.1, 0.15) is 6.54 Å². The van der Waals surface area contributed by atoms with Crippen LogP contribution in [0, 0.1) is 0 Å². The van der Waals surface area contributed by atoms with Gasteiger partial charge in [-0.05, 0) is 32.0 Å². The summed E-state index contributed by atoms with van der Waals surface area (Å²) in [6.07, 6.45) is 7.04. The van der Waals surface area contributed by atoms with Gasteiger partial charge in [0.2, 0.25) is 11.9 Å². The summed E-state index contributed by atoms with van der Waals surface area (Å²) in [7, 11) is 3.51. The highest BCUT2D eigenvalue weighted by Crippen LogP contribution is 2.34. The fourth-order valence-electron chi connectivity index (χ4n) is 5.63. The molecule has 0 radical (unpaired) electrons. The Morgan fingerprint density at radius 2 is 1.89 bits per heavy atom. The lowest BCUT2D eigenvalue weighted by molar-refractivity contribution is -0.133. The lowest BCUT2D eigenvalue weighted by atomic mass is 10.2. The number of piperazine rings is 2. The van der Waals surface area contributed by atoms with Crippen LogP contribution in [0.3, 0.4) is 0 Å². The zero-order valence-electron chi connectivity index (χ0n) is 21.2. The molecule has 3 aliphatic heterocycles. The molecule has 3 saturated heterocycles.